The Kier molecular flexibility index (Phi) is 8.39. The number of Topliss-reactive ketones (excluding diaryl/α,β-unsaturated/α-hetero) is 1. The highest BCUT2D eigenvalue weighted by Gasteiger charge is 2.39. The zero-order valence-corrected chi connectivity index (χ0v) is 20.5. The third kappa shape index (κ3) is 7.55. The van der Waals surface area contributed by atoms with E-state index in [1.54, 1.807) is 0 Å². The van der Waals surface area contributed by atoms with Crippen LogP contribution in [0.2, 0.25) is 0 Å². The van der Waals surface area contributed by atoms with Crippen molar-refractivity contribution in [2.24, 2.45) is 5.41 Å². The number of carbonyl (C=O) groups is 3. The molecule has 0 saturated carbocycles. The summed E-state index contributed by atoms with van der Waals surface area (Å²) in [5, 5.41) is 8.21. The lowest BCUT2D eigenvalue weighted by molar-refractivity contribution is -0.125. The summed E-state index contributed by atoms with van der Waals surface area (Å²) in [6.07, 6.45) is -4.18. The SMILES string of the molecule is CC(C)(C)[C@H](NC(=O)Nc1ccc(C(=O)C(F)(F)F)cc1)C(=O)N[C@H]1CCN(Cc2ccccc2)C1. The van der Waals surface area contributed by atoms with Crippen LogP contribution in [0.5, 0.6) is 0 Å². The Balaban J connectivity index is 1.56. The molecule has 3 rings (SSSR count). The Hall–Kier alpha value is -3.40. The van der Waals surface area contributed by atoms with Gasteiger partial charge in [0, 0.05) is 36.9 Å². The molecule has 1 aliphatic heterocycles. The summed E-state index contributed by atoms with van der Waals surface area (Å²) < 4.78 is 37.7. The molecule has 10 heteroatoms. The van der Waals surface area contributed by atoms with E-state index >= 15 is 0 Å². The van der Waals surface area contributed by atoms with E-state index < -0.39 is 35.0 Å². The van der Waals surface area contributed by atoms with Gasteiger partial charge in [0.25, 0.3) is 5.78 Å². The lowest BCUT2D eigenvalue weighted by atomic mass is 9.86. The average molecular weight is 505 g/mol. The van der Waals surface area contributed by atoms with Gasteiger partial charge in [0.05, 0.1) is 0 Å². The molecule has 2 atom stereocenters. The van der Waals surface area contributed by atoms with Gasteiger partial charge in [-0.1, -0.05) is 51.1 Å². The van der Waals surface area contributed by atoms with Gasteiger partial charge in [0.1, 0.15) is 6.04 Å². The van der Waals surface area contributed by atoms with Crippen molar-refractivity contribution < 1.29 is 27.6 Å². The van der Waals surface area contributed by atoms with Crippen LogP contribution >= 0.6 is 0 Å². The number of alkyl halides is 3. The van der Waals surface area contributed by atoms with Crippen LogP contribution in [-0.2, 0) is 11.3 Å². The van der Waals surface area contributed by atoms with Crippen LogP contribution < -0.4 is 16.0 Å². The first-order valence-electron chi connectivity index (χ1n) is 11.7. The fourth-order valence-electron chi connectivity index (χ4n) is 4.06. The standard InChI is InChI=1S/C26H31F3N4O3/c1-25(2,3)21(23(35)30-20-13-14-33(16-20)15-17-7-5-4-6-8-17)32-24(36)31-19-11-9-18(10-12-19)22(34)26(27,28)29/h4-12,20-21H,13-16H2,1-3H3,(H,30,35)(H2,31,32,36)/t20-,21+/m0/s1. The van der Waals surface area contributed by atoms with E-state index in [1.165, 1.54) is 17.7 Å². The number of nitrogens with zero attached hydrogens (tertiary/aromatic N) is 1. The number of rotatable bonds is 7. The van der Waals surface area contributed by atoms with Gasteiger partial charge < -0.3 is 16.0 Å². The molecule has 3 N–H and O–H groups in total. The fourth-order valence-corrected chi connectivity index (χ4v) is 4.06. The Morgan fingerprint density at radius 3 is 2.22 bits per heavy atom. The molecule has 2 aromatic carbocycles. The molecule has 1 fully saturated rings. The van der Waals surface area contributed by atoms with Crippen molar-refractivity contribution in [1.82, 2.24) is 15.5 Å². The average Bonchev–Trinajstić information content (AvgIpc) is 3.23. The van der Waals surface area contributed by atoms with Crippen LogP contribution in [0.4, 0.5) is 23.7 Å². The van der Waals surface area contributed by atoms with Gasteiger partial charge in [-0.3, -0.25) is 14.5 Å². The highest BCUT2D eigenvalue weighted by atomic mass is 19.4. The van der Waals surface area contributed by atoms with Gasteiger partial charge in [-0.2, -0.15) is 13.2 Å². The van der Waals surface area contributed by atoms with Gasteiger partial charge >= 0.3 is 12.2 Å². The Labute approximate surface area is 208 Å². The first-order valence-corrected chi connectivity index (χ1v) is 11.7. The van der Waals surface area contributed by atoms with Gasteiger partial charge in [0.2, 0.25) is 5.91 Å². The number of likely N-dealkylation sites (tertiary alicyclic amines) is 1. The van der Waals surface area contributed by atoms with Crippen LogP contribution in [0.3, 0.4) is 0 Å². The zero-order valence-electron chi connectivity index (χ0n) is 20.5. The van der Waals surface area contributed by atoms with E-state index in [1.807, 2.05) is 39.0 Å². The fraction of sp³-hybridized carbons (Fsp3) is 0.423. The number of hydrogen-bond donors (Lipinski definition) is 3. The lowest BCUT2D eigenvalue weighted by Crippen LogP contribution is -2.56. The van der Waals surface area contributed by atoms with Gasteiger partial charge in [-0.05, 0) is 41.7 Å². The number of anilines is 1. The number of amides is 3. The second-order valence-corrected chi connectivity index (χ2v) is 10.0. The molecule has 3 amide bonds. The molecule has 1 heterocycles. The second-order valence-electron chi connectivity index (χ2n) is 10.0. The predicted octanol–water partition coefficient (Wildman–Crippen LogP) is 4.36. The van der Waals surface area contributed by atoms with E-state index in [0.29, 0.717) is 6.54 Å². The smallest absolute Gasteiger partial charge is 0.350 e. The maximum Gasteiger partial charge on any atom is 0.454 e. The number of halogens is 3. The molecule has 0 radical (unpaired) electrons. The lowest BCUT2D eigenvalue weighted by Gasteiger charge is -2.31. The largest absolute Gasteiger partial charge is 0.454 e. The summed E-state index contributed by atoms with van der Waals surface area (Å²) in [5.41, 5.74) is 0.253. The molecule has 2 aromatic rings. The third-order valence-corrected chi connectivity index (χ3v) is 5.93. The Bertz CT molecular complexity index is 1070. The van der Waals surface area contributed by atoms with Crippen molar-refractivity contribution in [2.75, 3.05) is 18.4 Å². The molecule has 194 valence electrons. The topological polar surface area (TPSA) is 90.5 Å². The normalized spacial score (nSPS) is 17.3. The molecule has 0 aromatic heterocycles. The summed E-state index contributed by atoms with van der Waals surface area (Å²) >= 11 is 0. The molecular weight excluding hydrogens is 473 g/mol. The van der Waals surface area contributed by atoms with E-state index in [-0.39, 0.29) is 17.6 Å². The van der Waals surface area contributed by atoms with Gasteiger partial charge in [0.15, 0.2) is 0 Å². The highest BCUT2D eigenvalue weighted by Crippen LogP contribution is 2.23. The number of benzene rings is 2. The highest BCUT2D eigenvalue weighted by molar-refractivity contribution is 6.01. The van der Waals surface area contributed by atoms with E-state index in [2.05, 4.69) is 33.0 Å². The first kappa shape index (κ1) is 27.2. The molecule has 7 nitrogen and oxygen atoms in total. The number of carbonyl (C=O) groups excluding carboxylic acids is 3. The maximum atomic E-state index is 13.1. The van der Waals surface area contributed by atoms with E-state index in [9.17, 15) is 27.6 Å². The van der Waals surface area contributed by atoms with Gasteiger partial charge in [-0.25, -0.2) is 4.79 Å². The number of hydrogen-bond acceptors (Lipinski definition) is 4. The van der Waals surface area contributed by atoms with E-state index in [4.69, 9.17) is 0 Å². The Morgan fingerprint density at radius 1 is 1.00 bits per heavy atom. The van der Waals surface area contributed by atoms with Crippen molar-refractivity contribution in [3.63, 3.8) is 0 Å². The quantitative estimate of drug-likeness (QED) is 0.489. The van der Waals surface area contributed by atoms with Crippen molar-refractivity contribution >= 4 is 23.4 Å². The van der Waals surface area contributed by atoms with Crippen molar-refractivity contribution in [2.45, 2.75) is 52.0 Å². The Morgan fingerprint density at radius 2 is 1.64 bits per heavy atom. The summed E-state index contributed by atoms with van der Waals surface area (Å²) in [5.74, 6) is -2.27. The molecule has 36 heavy (non-hydrogen) atoms. The van der Waals surface area contributed by atoms with Crippen LogP contribution in [0, 0.1) is 5.41 Å². The second kappa shape index (κ2) is 11.1. The van der Waals surface area contributed by atoms with Crippen molar-refractivity contribution in [3.8, 4) is 0 Å². The van der Waals surface area contributed by atoms with Crippen LogP contribution in [-0.4, -0.2) is 54.0 Å². The molecule has 0 aliphatic carbocycles. The molecule has 0 spiro atoms. The minimum atomic E-state index is -4.97. The summed E-state index contributed by atoms with van der Waals surface area (Å²) in [7, 11) is 0. The number of urea groups is 1. The van der Waals surface area contributed by atoms with Crippen LogP contribution in [0.1, 0.15) is 43.1 Å². The molecule has 1 aliphatic rings. The minimum Gasteiger partial charge on any atom is -0.350 e. The maximum absolute atomic E-state index is 13.1. The van der Waals surface area contributed by atoms with Crippen LogP contribution in [0.25, 0.3) is 0 Å². The zero-order chi connectivity index (χ0) is 26.5. The molecular formula is C26H31F3N4O3. The van der Waals surface area contributed by atoms with Crippen LogP contribution in [0.15, 0.2) is 54.6 Å². The first-order chi connectivity index (χ1) is 16.8. The molecule has 1 saturated heterocycles. The van der Waals surface area contributed by atoms with Gasteiger partial charge in [-0.15, -0.1) is 0 Å². The van der Waals surface area contributed by atoms with E-state index in [0.717, 1.165) is 31.6 Å². The summed E-state index contributed by atoms with van der Waals surface area (Å²) in [4.78, 5) is 39.3. The third-order valence-electron chi connectivity index (χ3n) is 5.93. The molecule has 0 bridgehead atoms. The van der Waals surface area contributed by atoms with Crippen molar-refractivity contribution in [3.05, 3.63) is 65.7 Å². The summed E-state index contributed by atoms with van der Waals surface area (Å²) in [6, 6.07) is 12.9. The monoisotopic (exact) mass is 504 g/mol. The van der Waals surface area contributed by atoms with Crippen molar-refractivity contribution in [1.29, 1.82) is 0 Å². The summed E-state index contributed by atoms with van der Waals surface area (Å²) in [6.45, 7) is 7.82. The number of ketones is 1. The minimum absolute atomic E-state index is 0.0466. The number of nitrogens with one attached hydrogen (secondary N) is 3. The predicted molar refractivity (Wildman–Crippen MR) is 130 cm³/mol. The molecule has 0 unspecified atom stereocenters.